The summed E-state index contributed by atoms with van der Waals surface area (Å²) >= 11 is 6.04. The summed E-state index contributed by atoms with van der Waals surface area (Å²) in [6.07, 6.45) is 0. The van der Waals surface area contributed by atoms with Crippen molar-refractivity contribution in [3.63, 3.8) is 0 Å². The predicted molar refractivity (Wildman–Crippen MR) is 108 cm³/mol. The predicted octanol–water partition coefficient (Wildman–Crippen LogP) is 4.41. The summed E-state index contributed by atoms with van der Waals surface area (Å²) in [5.74, 6) is -0.320. The van der Waals surface area contributed by atoms with E-state index in [9.17, 15) is 13.2 Å². The van der Waals surface area contributed by atoms with Gasteiger partial charge in [-0.2, -0.15) is 0 Å². The van der Waals surface area contributed by atoms with E-state index in [4.69, 9.17) is 11.6 Å². The minimum absolute atomic E-state index is 0.0856. The number of carbonyl (C=O) groups is 1. The fraction of sp³-hybridized carbons (Fsp3) is 0.0500. The summed E-state index contributed by atoms with van der Waals surface area (Å²) in [5.41, 5.74) is 1.46. The Labute approximate surface area is 163 Å². The molecule has 0 saturated carbocycles. The Hall–Kier alpha value is -2.83. The van der Waals surface area contributed by atoms with E-state index in [2.05, 4.69) is 10.0 Å². The van der Waals surface area contributed by atoms with Gasteiger partial charge in [-0.25, -0.2) is 8.42 Å². The molecule has 0 aliphatic carbocycles. The number of hydrogen-bond acceptors (Lipinski definition) is 4. The summed E-state index contributed by atoms with van der Waals surface area (Å²) < 4.78 is 28.1. The zero-order valence-corrected chi connectivity index (χ0v) is 16.0. The van der Waals surface area contributed by atoms with Crippen molar-refractivity contribution in [3.05, 3.63) is 88.9 Å². The van der Waals surface area contributed by atoms with Gasteiger partial charge in [0, 0.05) is 28.9 Å². The van der Waals surface area contributed by atoms with Crippen molar-refractivity contribution in [3.8, 4) is 0 Å². The van der Waals surface area contributed by atoms with Crippen LogP contribution in [0.25, 0.3) is 0 Å². The summed E-state index contributed by atoms with van der Waals surface area (Å²) in [7, 11) is -2.18. The third-order valence-corrected chi connectivity index (χ3v) is 5.54. The van der Waals surface area contributed by atoms with Crippen LogP contribution in [0.2, 0.25) is 5.02 Å². The number of ketones is 1. The van der Waals surface area contributed by atoms with Gasteiger partial charge in [-0.05, 0) is 36.4 Å². The van der Waals surface area contributed by atoms with Crippen LogP contribution >= 0.6 is 11.6 Å². The molecular formula is C20H17ClN2O3S. The first-order valence-corrected chi connectivity index (χ1v) is 9.97. The molecule has 3 aromatic rings. The molecule has 7 heteroatoms. The number of halogens is 1. The largest absolute Gasteiger partial charge is 0.388 e. The van der Waals surface area contributed by atoms with Gasteiger partial charge in [0.05, 0.1) is 10.6 Å². The SMILES string of the molecule is CNc1cccc(S(=O)(=O)Nc2ccc(Cl)cc2C(=O)c2ccccc2)c1. The highest BCUT2D eigenvalue weighted by atomic mass is 35.5. The molecule has 0 atom stereocenters. The lowest BCUT2D eigenvalue weighted by atomic mass is 10.0. The molecule has 0 aromatic heterocycles. The standard InChI is InChI=1S/C20H17ClN2O3S/c1-22-16-8-5-9-17(13-16)27(25,26)23-19-11-10-15(21)12-18(19)20(24)14-6-3-2-4-7-14/h2-13,22-23H,1H3. The summed E-state index contributed by atoms with van der Waals surface area (Å²) in [4.78, 5) is 12.9. The number of benzene rings is 3. The molecule has 0 unspecified atom stereocenters. The van der Waals surface area contributed by atoms with E-state index in [1.54, 1.807) is 49.5 Å². The average molecular weight is 401 g/mol. The zero-order chi connectivity index (χ0) is 19.4. The average Bonchev–Trinajstić information content (AvgIpc) is 2.69. The number of rotatable bonds is 6. The maximum absolute atomic E-state index is 12.8. The number of anilines is 2. The van der Waals surface area contributed by atoms with Crippen LogP contribution in [0.1, 0.15) is 15.9 Å². The molecule has 138 valence electrons. The minimum Gasteiger partial charge on any atom is -0.388 e. The van der Waals surface area contributed by atoms with Crippen LogP contribution in [0.4, 0.5) is 11.4 Å². The van der Waals surface area contributed by atoms with Gasteiger partial charge < -0.3 is 5.32 Å². The van der Waals surface area contributed by atoms with E-state index in [0.29, 0.717) is 16.3 Å². The van der Waals surface area contributed by atoms with Gasteiger partial charge in [0.25, 0.3) is 10.0 Å². The van der Waals surface area contributed by atoms with Crippen LogP contribution in [-0.4, -0.2) is 21.2 Å². The number of carbonyl (C=O) groups excluding carboxylic acids is 1. The lowest BCUT2D eigenvalue weighted by Gasteiger charge is -2.13. The third-order valence-electron chi connectivity index (χ3n) is 3.94. The van der Waals surface area contributed by atoms with Crippen LogP contribution in [0, 0.1) is 0 Å². The van der Waals surface area contributed by atoms with Gasteiger partial charge in [0.2, 0.25) is 0 Å². The first-order valence-electron chi connectivity index (χ1n) is 8.10. The normalized spacial score (nSPS) is 11.0. The Bertz CT molecular complexity index is 1080. The molecule has 0 saturated heterocycles. The molecule has 0 fully saturated rings. The quantitative estimate of drug-likeness (QED) is 0.601. The molecule has 3 rings (SSSR count). The lowest BCUT2D eigenvalue weighted by molar-refractivity contribution is 0.103. The topological polar surface area (TPSA) is 75.3 Å². The molecular weight excluding hydrogens is 384 g/mol. The Morgan fingerprint density at radius 3 is 2.37 bits per heavy atom. The molecule has 2 N–H and O–H groups in total. The summed E-state index contributed by atoms with van der Waals surface area (Å²) in [6, 6.07) is 19.5. The van der Waals surface area contributed by atoms with E-state index in [-0.39, 0.29) is 21.9 Å². The van der Waals surface area contributed by atoms with Gasteiger partial charge in [-0.15, -0.1) is 0 Å². The van der Waals surface area contributed by atoms with Gasteiger partial charge in [-0.3, -0.25) is 9.52 Å². The Kier molecular flexibility index (Phi) is 5.48. The molecule has 0 bridgehead atoms. The smallest absolute Gasteiger partial charge is 0.261 e. The fourth-order valence-electron chi connectivity index (χ4n) is 2.56. The van der Waals surface area contributed by atoms with Gasteiger partial charge in [0.15, 0.2) is 5.78 Å². The van der Waals surface area contributed by atoms with Crippen molar-refractivity contribution < 1.29 is 13.2 Å². The first kappa shape index (κ1) is 18.9. The van der Waals surface area contributed by atoms with E-state index in [0.717, 1.165) is 0 Å². The molecule has 0 aliphatic rings. The molecule has 0 amide bonds. The van der Waals surface area contributed by atoms with Gasteiger partial charge >= 0.3 is 0 Å². The van der Waals surface area contributed by atoms with Gasteiger partial charge in [0.1, 0.15) is 0 Å². The van der Waals surface area contributed by atoms with Crippen molar-refractivity contribution in [2.24, 2.45) is 0 Å². The molecule has 0 heterocycles. The highest BCUT2D eigenvalue weighted by Gasteiger charge is 2.20. The fourth-order valence-corrected chi connectivity index (χ4v) is 3.86. The van der Waals surface area contributed by atoms with Crippen LogP contribution in [0.5, 0.6) is 0 Å². The highest BCUT2D eigenvalue weighted by molar-refractivity contribution is 7.92. The van der Waals surface area contributed by atoms with Crippen molar-refractivity contribution in [1.29, 1.82) is 0 Å². The molecule has 27 heavy (non-hydrogen) atoms. The van der Waals surface area contributed by atoms with Crippen molar-refractivity contribution in [2.75, 3.05) is 17.1 Å². The Morgan fingerprint density at radius 2 is 1.67 bits per heavy atom. The van der Waals surface area contributed by atoms with Crippen molar-refractivity contribution in [1.82, 2.24) is 0 Å². The van der Waals surface area contributed by atoms with Crippen LogP contribution < -0.4 is 10.0 Å². The van der Waals surface area contributed by atoms with E-state index >= 15 is 0 Å². The van der Waals surface area contributed by atoms with E-state index < -0.39 is 10.0 Å². The van der Waals surface area contributed by atoms with Gasteiger partial charge in [-0.1, -0.05) is 48.0 Å². The van der Waals surface area contributed by atoms with Crippen LogP contribution in [0.15, 0.2) is 77.7 Å². The van der Waals surface area contributed by atoms with E-state index in [1.807, 2.05) is 0 Å². The number of nitrogens with one attached hydrogen (secondary N) is 2. The Balaban J connectivity index is 2.01. The second-order valence-corrected chi connectivity index (χ2v) is 7.89. The Morgan fingerprint density at radius 1 is 0.926 bits per heavy atom. The maximum Gasteiger partial charge on any atom is 0.261 e. The first-order chi connectivity index (χ1) is 12.9. The van der Waals surface area contributed by atoms with Crippen molar-refractivity contribution in [2.45, 2.75) is 4.90 Å². The molecule has 3 aromatic carbocycles. The second kappa shape index (κ2) is 7.82. The lowest BCUT2D eigenvalue weighted by Crippen LogP contribution is -2.16. The van der Waals surface area contributed by atoms with Crippen molar-refractivity contribution >= 4 is 38.8 Å². The molecule has 5 nitrogen and oxygen atoms in total. The minimum atomic E-state index is -3.88. The molecule has 0 radical (unpaired) electrons. The molecule has 0 spiro atoms. The zero-order valence-electron chi connectivity index (χ0n) is 14.4. The van der Waals surface area contributed by atoms with E-state index in [1.165, 1.54) is 30.3 Å². The number of hydrogen-bond donors (Lipinski definition) is 2. The summed E-state index contributed by atoms with van der Waals surface area (Å²) in [6.45, 7) is 0. The van der Waals surface area contributed by atoms with Crippen LogP contribution in [0.3, 0.4) is 0 Å². The maximum atomic E-state index is 12.8. The third kappa shape index (κ3) is 4.30. The second-order valence-electron chi connectivity index (χ2n) is 5.77. The summed E-state index contributed by atoms with van der Waals surface area (Å²) in [5, 5.41) is 3.24. The highest BCUT2D eigenvalue weighted by Crippen LogP contribution is 2.26. The number of sulfonamides is 1. The van der Waals surface area contributed by atoms with Crippen LogP contribution in [-0.2, 0) is 10.0 Å². The monoisotopic (exact) mass is 400 g/mol. The molecule has 0 aliphatic heterocycles.